The molecule has 1 aliphatic rings. The van der Waals surface area contributed by atoms with Gasteiger partial charge in [-0.25, -0.2) is 0 Å². The number of aromatic nitrogens is 1. The van der Waals surface area contributed by atoms with Crippen molar-refractivity contribution in [2.24, 2.45) is 0 Å². The minimum atomic E-state index is 0.0490. The van der Waals surface area contributed by atoms with Crippen LogP contribution in [0.4, 0.5) is 0 Å². The molecule has 0 aliphatic carbocycles. The van der Waals surface area contributed by atoms with Crippen LogP contribution in [0.25, 0.3) is 10.9 Å². The summed E-state index contributed by atoms with van der Waals surface area (Å²) in [6.45, 7) is 7.36. The van der Waals surface area contributed by atoms with E-state index in [-0.39, 0.29) is 5.91 Å². The van der Waals surface area contributed by atoms with E-state index in [1.54, 1.807) is 0 Å². The Morgan fingerprint density at radius 3 is 2.80 bits per heavy atom. The number of amides is 1. The van der Waals surface area contributed by atoms with E-state index in [2.05, 4.69) is 16.9 Å². The maximum Gasteiger partial charge on any atom is 0.270 e. The molecule has 1 atom stereocenters. The number of hydrogen-bond acceptors (Lipinski definition) is 3. The van der Waals surface area contributed by atoms with Crippen molar-refractivity contribution in [2.75, 3.05) is 33.3 Å². The van der Waals surface area contributed by atoms with Crippen molar-refractivity contribution in [2.45, 2.75) is 39.2 Å². The highest BCUT2D eigenvalue weighted by molar-refractivity contribution is 5.98. The molecule has 0 saturated carbocycles. The average molecular weight is 343 g/mol. The fourth-order valence-electron chi connectivity index (χ4n) is 3.65. The van der Waals surface area contributed by atoms with Gasteiger partial charge in [0.05, 0.1) is 6.61 Å². The summed E-state index contributed by atoms with van der Waals surface area (Å²) in [5.74, 6) is 0.918. The van der Waals surface area contributed by atoms with E-state index < -0.39 is 0 Å². The number of nitrogens with one attached hydrogen (secondary N) is 1. The Morgan fingerprint density at radius 2 is 2.12 bits per heavy atom. The van der Waals surface area contributed by atoms with Gasteiger partial charge in [-0.2, -0.15) is 0 Å². The SMILES string of the molecule is CCN(CC)C(=O)c1cc2cc(OCCC3CCCN3C)ccc2[nH]1. The number of nitrogens with zero attached hydrogens (tertiary/aromatic N) is 2. The molecule has 0 spiro atoms. The van der Waals surface area contributed by atoms with Crippen molar-refractivity contribution in [3.63, 3.8) is 0 Å². The van der Waals surface area contributed by atoms with Gasteiger partial charge in [-0.15, -0.1) is 0 Å². The summed E-state index contributed by atoms with van der Waals surface area (Å²) >= 11 is 0. The molecule has 1 amide bonds. The molecule has 2 heterocycles. The number of benzene rings is 1. The third-order valence-corrected chi connectivity index (χ3v) is 5.26. The molecule has 5 heteroatoms. The second kappa shape index (κ2) is 7.91. The lowest BCUT2D eigenvalue weighted by Gasteiger charge is -2.19. The van der Waals surface area contributed by atoms with Gasteiger partial charge in [-0.1, -0.05) is 0 Å². The number of likely N-dealkylation sites (tertiary alicyclic amines) is 1. The zero-order valence-electron chi connectivity index (χ0n) is 15.5. The van der Waals surface area contributed by atoms with E-state index in [9.17, 15) is 4.79 Å². The van der Waals surface area contributed by atoms with Crippen molar-refractivity contribution >= 4 is 16.8 Å². The minimum Gasteiger partial charge on any atom is -0.494 e. The third kappa shape index (κ3) is 3.98. The van der Waals surface area contributed by atoms with Gasteiger partial charge in [-0.3, -0.25) is 4.79 Å². The number of aromatic amines is 1. The first-order valence-electron chi connectivity index (χ1n) is 9.37. The molecular formula is C20H29N3O2. The second-order valence-corrected chi connectivity index (χ2v) is 6.82. The molecule has 3 rings (SSSR count). The Balaban J connectivity index is 1.64. The fraction of sp³-hybridized carbons (Fsp3) is 0.550. The van der Waals surface area contributed by atoms with Crippen LogP contribution in [0.2, 0.25) is 0 Å². The first-order valence-corrected chi connectivity index (χ1v) is 9.37. The van der Waals surface area contributed by atoms with Crippen LogP contribution in [0.3, 0.4) is 0 Å². The van der Waals surface area contributed by atoms with Gasteiger partial charge in [0.1, 0.15) is 11.4 Å². The Morgan fingerprint density at radius 1 is 1.32 bits per heavy atom. The molecule has 1 N–H and O–H groups in total. The molecule has 2 aromatic rings. The van der Waals surface area contributed by atoms with Crippen LogP contribution in [0.1, 0.15) is 43.6 Å². The molecule has 1 saturated heterocycles. The quantitative estimate of drug-likeness (QED) is 0.837. The van der Waals surface area contributed by atoms with Crippen molar-refractivity contribution in [3.05, 3.63) is 30.0 Å². The molecule has 25 heavy (non-hydrogen) atoms. The Hall–Kier alpha value is -2.01. The molecule has 1 aromatic carbocycles. The summed E-state index contributed by atoms with van der Waals surface area (Å²) in [5.41, 5.74) is 1.61. The Labute approximate surface area is 149 Å². The maximum absolute atomic E-state index is 12.5. The van der Waals surface area contributed by atoms with Gasteiger partial charge in [0.25, 0.3) is 5.91 Å². The average Bonchev–Trinajstić information content (AvgIpc) is 3.22. The highest BCUT2D eigenvalue weighted by atomic mass is 16.5. The van der Waals surface area contributed by atoms with Crippen LogP contribution in [-0.4, -0.2) is 60.0 Å². The molecule has 0 radical (unpaired) electrons. The normalized spacial score (nSPS) is 18.0. The lowest BCUT2D eigenvalue weighted by atomic mass is 10.1. The summed E-state index contributed by atoms with van der Waals surface area (Å²) in [7, 11) is 2.19. The third-order valence-electron chi connectivity index (χ3n) is 5.26. The van der Waals surface area contributed by atoms with Crippen LogP contribution in [0, 0.1) is 0 Å². The summed E-state index contributed by atoms with van der Waals surface area (Å²) in [5, 5.41) is 1.02. The molecular weight excluding hydrogens is 314 g/mol. The van der Waals surface area contributed by atoms with Gasteiger partial charge in [0.15, 0.2) is 0 Å². The second-order valence-electron chi connectivity index (χ2n) is 6.82. The summed E-state index contributed by atoms with van der Waals surface area (Å²) in [6, 6.07) is 8.56. The van der Waals surface area contributed by atoms with E-state index in [1.165, 1.54) is 19.4 Å². The number of carbonyl (C=O) groups is 1. The number of hydrogen-bond donors (Lipinski definition) is 1. The molecule has 136 valence electrons. The van der Waals surface area contributed by atoms with Crippen molar-refractivity contribution in [1.29, 1.82) is 0 Å². The van der Waals surface area contributed by atoms with Gasteiger partial charge in [-0.05, 0) is 71.0 Å². The minimum absolute atomic E-state index is 0.0490. The van der Waals surface area contributed by atoms with Crippen LogP contribution >= 0.6 is 0 Å². The van der Waals surface area contributed by atoms with Crippen molar-refractivity contribution in [1.82, 2.24) is 14.8 Å². The smallest absolute Gasteiger partial charge is 0.270 e. The molecule has 1 aliphatic heterocycles. The van der Waals surface area contributed by atoms with E-state index in [4.69, 9.17) is 4.74 Å². The summed E-state index contributed by atoms with van der Waals surface area (Å²) in [6.07, 6.45) is 3.63. The lowest BCUT2D eigenvalue weighted by Crippen LogP contribution is -2.30. The van der Waals surface area contributed by atoms with Gasteiger partial charge < -0.3 is 19.5 Å². The molecule has 1 unspecified atom stereocenters. The highest BCUT2D eigenvalue weighted by Gasteiger charge is 2.20. The van der Waals surface area contributed by atoms with Crippen LogP contribution in [-0.2, 0) is 0 Å². The number of rotatable bonds is 7. The van der Waals surface area contributed by atoms with Gasteiger partial charge >= 0.3 is 0 Å². The summed E-state index contributed by atoms with van der Waals surface area (Å²) in [4.78, 5) is 19.9. The molecule has 1 aromatic heterocycles. The van der Waals surface area contributed by atoms with Crippen LogP contribution in [0.15, 0.2) is 24.3 Å². The Kier molecular flexibility index (Phi) is 5.63. The predicted molar refractivity (Wildman–Crippen MR) is 101 cm³/mol. The van der Waals surface area contributed by atoms with Crippen LogP contribution in [0.5, 0.6) is 5.75 Å². The monoisotopic (exact) mass is 343 g/mol. The number of H-pyrrole nitrogens is 1. The molecule has 5 nitrogen and oxygen atoms in total. The van der Waals surface area contributed by atoms with E-state index in [0.29, 0.717) is 24.8 Å². The summed E-state index contributed by atoms with van der Waals surface area (Å²) < 4.78 is 5.95. The maximum atomic E-state index is 12.5. The zero-order chi connectivity index (χ0) is 17.8. The Bertz CT molecular complexity index is 721. The first kappa shape index (κ1) is 17.8. The van der Waals surface area contributed by atoms with Crippen LogP contribution < -0.4 is 4.74 Å². The largest absolute Gasteiger partial charge is 0.494 e. The number of fused-ring (bicyclic) bond motifs is 1. The standard InChI is InChI=1S/C20H29N3O2/c1-4-23(5-2)20(24)19-14-15-13-17(8-9-18(15)21-19)25-12-10-16-7-6-11-22(16)3/h8-9,13-14,16,21H,4-7,10-12H2,1-3H3. The topological polar surface area (TPSA) is 48.6 Å². The fourth-order valence-corrected chi connectivity index (χ4v) is 3.65. The van der Waals surface area contributed by atoms with Crippen molar-refractivity contribution < 1.29 is 9.53 Å². The van der Waals surface area contributed by atoms with Gasteiger partial charge in [0.2, 0.25) is 0 Å². The zero-order valence-corrected chi connectivity index (χ0v) is 15.5. The van der Waals surface area contributed by atoms with E-state index in [0.717, 1.165) is 29.7 Å². The first-order chi connectivity index (χ1) is 12.1. The van der Waals surface area contributed by atoms with E-state index >= 15 is 0 Å². The number of carbonyl (C=O) groups excluding carboxylic acids is 1. The number of ether oxygens (including phenoxy) is 1. The highest BCUT2D eigenvalue weighted by Crippen LogP contribution is 2.23. The van der Waals surface area contributed by atoms with Crippen molar-refractivity contribution in [3.8, 4) is 5.75 Å². The molecule has 1 fully saturated rings. The predicted octanol–water partition coefficient (Wildman–Crippen LogP) is 3.51. The van der Waals surface area contributed by atoms with E-state index in [1.807, 2.05) is 43.0 Å². The van der Waals surface area contributed by atoms with Gasteiger partial charge in [0, 0.05) is 30.0 Å². The molecule has 0 bridgehead atoms. The lowest BCUT2D eigenvalue weighted by molar-refractivity contribution is 0.0768.